The van der Waals surface area contributed by atoms with E-state index in [1.165, 1.54) is 4.68 Å². The zero-order valence-corrected chi connectivity index (χ0v) is 17.3. The van der Waals surface area contributed by atoms with Crippen LogP contribution < -0.4 is 16.4 Å². The van der Waals surface area contributed by atoms with Crippen LogP contribution in [0.25, 0.3) is 5.82 Å². The van der Waals surface area contributed by atoms with E-state index in [-0.39, 0.29) is 15.6 Å². The first-order valence-corrected chi connectivity index (χ1v) is 10.7. The molecule has 0 bridgehead atoms. The molecule has 3 aromatic rings. The van der Waals surface area contributed by atoms with E-state index in [1.54, 1.807) is 37.4 Å². The van der Waals surface area contributed by atoms with Crippen LogP contribution in [0.15, 0.2) is 70.5 Å². The Bertz CT molecular complexity index is 1220. The van der Waals surface area contributed by atoms with E-state index in [0.717, 1.165) is 11.1 Å². The molecule has 29 heavy (non-hydrogen) atoms. The predicted octanol–water partition coefficient (Wildman–Crippen LogP) is 3.16. The lowest BCUT2D eigenvalue weighted by atomic mass is 9.89. The van der Waals surface area contributed by atoms with Crippen LogP contribution in [0.2, 0.25) is 0 Å². The van der Waals surface area contributed by atoms with Crippen molar-refractivity contribution in [1.29, 1.82) is 0 Å². The maximum atomic E-state index is 13.5. The van der Waals surface area contributed by atoms with Crippen molar-refractivity contribution >= 4 is 27.3 Å². The third-order valence-corrected chi connectivity index (χ3v) is 6.89. The Hall–Kier alpha value is -3.26. The molecule has 7 nitrogen and oxygen atoms in total. The average Bonchev–Trinajstić information content (AvgIpc) is 3.08. The number of nitrogens with one attached hydrogen (secondary N) is 2. The fraction of sp³-hybridized carbons (Fsp3) is 0.190. The molecule has 2 heterocycles. The lowest BCUT2D eigenvalue weighted by Crippen LogP contribution is -2.36. The Morgan fingerprint density at radius 3 is 2.52 bits per heavy atom. The minimum atomic E-state index is -3.83. The fourth-order valence-corrected chi connectivity index (χ4v) is 5.14. The largest absolute Gasteiger partial charge is 0.384 e. The van der Waals surface area contributed by atoms with E-state index in [0.29, 0.717) is 11.6 Å². The van der Waals surface area contributed by atoms with Gasteiger partial charge in [-0.3, -0.25) is 0 Å². The first kappa shape index (κ1) is 19.1. The lowest BCUT2D eigenvalue weighted by Gasteiger charge is -2.34. The summed E-state index contributed by atoms with van der Waals surface area (Å²) in [5.41, 5.74) is 7.69. The van der Waals surface area contributed by atoms with Crippen molar-refractivity contribution < 1.29 is 8.42 Å². The van der Waals surface area contributed by atoms with Gasteiger partial charge in [0, 0.05) is 7.05 Å². The number of sulfone groups is 1. The van der Waals surface area contributed by atoms with Crippen molar-refractivity contribution in [2.75, 3.05) is 17.7 Å². The highest BCUT2D eigenvalue weighted by Crippen LogP contribution is 2.41. The number of anilines is 2. The highest BCUT2D eigenvalue weighted by molar-refractivity contribution is 7.91. The molecule has 0 amide bonds. The van der Waals surface area contributed by atoms with E-state index < -0.39 is 15.4 Å². The van der Waals surface area contributed by atoms with Crippen molar-refractivity contribution in [3.8, 4) is 0 Å². The Morgan fingerprint density at radius 2 is 1.86 bits per heavy atom. The quantitative estimate of drug-likeness (QED) is 0.612. The normalized spacial score (nSPS) is 18.5. The molecule has 1 atom stereocenters. The smallest absolute Gasteiger partial charge is 0.213 e. The van der Waals surface area contributed by atoms with Gasteiger partial charge < -0.3 is 16.4 Å². The molecule has 1 unspecified atom stereocenters. The maximum absolute atomic E-state index is 13.5. The molecule has 4 N–H and O–H groups in total. The summed E-state index contributed by atoms with van der Waals surface area (Å²) in [6.07, 6.45) is 1.85. The van der Waals surface area contributed by atoms with Gasteiger partial charge >= 0.3 is 0 Å². The molecule has 1 aliphatic heterocycles. The fourth-order valence-electron chi connectivity index (χ4n) is 3.60. The van der Waals surface area contributed by atoms with E-state index in [4.69, 9.17) is 5.73 Å². The Labute approximate surface area is 170 Å². The summed E-state index contributed by atoms with van der Waals surface area (Å²) < 4.78 is 28.4. The van der Waals surface area contributed by atoms with Gasteiger partial charge in [-0.25, -0.2) is 8.42 Å². The molecule has 0 spiro atoms. The highest BCUT2D eigenvalue weighted by atomic mass is 32.2. The number of hydrogen-bond donors (Lipinski definition) is 3. The number of rotatable bonds is 4. The first-order chi connectivity index (χ1) is 13.8. The van der Waals surface area contributed by atoms with Crippen molar-refractivity contribution in [2.24, 2.45) is 5.73 Å². The molecule has 8 heteroatoms. The molecular formula is C21H23N5O2S. The number of nitrogens with two attached hydrogens (primary N) is 1. The van der Waals surface area contributed by atoms with Crippen LogP contribution >= 0.6 is 0 Å². The molecule has 0 aliphatic carbocycles. The van der Waals surface area contributed by atoms with Crippen molar-refractivity contribution in [3.05, 3.63) is 71.8 Å². The summed E-state index contributed by atoms with van der Waals surface area (Å²) in [4.78, 5) is 0.264. The predicted molar refractivity (Wildman–Crippen MR) is 114 cm³/mol. The van der Waals surface area contributed by atoms with Gasteiger partial charge in [0.15, 0.2) is 16.5 Å². The zero-order valence-electron chi connectivity index (χ0n) is 16.5. The summed E-state index contributed by atoms with van der Waals surface area (Å²) in [5, 5.41) is 10.7. The lowest BCUT2D eigenvalue weighted by molar-refractivity contribution is 0.595. The molecule has 2 aromatic carbocycles. The first-order valence-electron chi connectivity index (χ1n) is 9.21. The summed E-state index contributed by atoms with van der Waals surface area (Å²) in [5.74, 6) is 0.928. The number of nitrogens with zero attached hydrogens (tertiary/aromatic N) is 2. The molecule has 4 rings (SSSR count). The monoisotopic (exact) mass is 409 g/mol. The van der Waals surface area contributed by atoms with Crippen molar-refractivity contribution in [1.82, 2.24) is 9.78 Å². The second kappa shape index (κ2) is 6.66. The Morgan fingerprint density at radius 1 is 1.14 bits per heavy atom. The molecule has 150 valence electrons. The maximum Gasteiger partial charge on any atom is 0.213 e. The van der Waals surface area contributed by atoms with Gasteiger partial charge in [0.05, 0.1) is 10.4 Å². The van der Waals surface area contributed by atoms with E-state index in [2.05, 4.69) is 15.7 Å². The second-order valence-electron chi connectivity index (χ2n) is 7.27. The molecule has 0 radical (unpaired) electrons. The van der Waals surface area contributed by atoms with E-state index in [1.807, 2.05) is 44.2 Å². The average molecular weight is 410 g/mol. The Balaban J connectivity index is 1.93. The zero-order chi connectivity index (χ0) is 20.8. The van der Waals surface area contributed by atoms with Crippen LogP contribution in [-0.4, -0.2) is 25.2 Å². The van der Waals surface area contributed by atoms with Crippen LogP contribution in [0.5, 0.6) is 0 Å². The third kappa shape index (κ3) is 3.05. The van der Waals surface area contributed by atoms with Crippen LogP contribution in [0, 0.1) is 6.92 Å². The number of benzene rings is 2. The standard InChI is InChI=1S/C21H23N5O2S/c1-14-8-7-9-15(12-14)21(2)13-17(22)26-20(24-21)18(19(23-3)25-26)29(27,28)16-10-5-4-6-11-16/h4-13,24H,22H2,1-3H3,(H,23,25). The van der Waals surface area contributed by atoms with Gasteiger partial charge in [-0.1, -0.05) is 48.0 Å². The second-order valence-corrected chi connectivity index (χ2v) is 9.16. The van der Waals surface area contributed by atoms with Crippen LogP contribution in [0.3, 0.4) is 0 Å². The van der Waals surface area contributed by atoms with Crippen LogP contribution in [-0.2, 0) is 15.4 Å². The summed E-state index contributed by atoms with van der Waals surface area (Å²) >= 11 is 0. The highest BCUT2D eigenvalue weighted by Gasteiger charge is 2.38. The van der Waals surface area contributed by atoms with Gasteiger partial charge in [0.25, 0.3) is 0 Å². The minimum absolute atomic E-state index is 0.0705. The number of hydrogen-bond acceptors (Lipinski definition) is 6. The van der Waals surface area contributed by atoms with Gasteiger partial charge in [-0.05, 0) is 37.6 Å². The van der Waals surface area contributed by atoms with E-state index >= 15 is 0 Å². The van der Waals surface area contributed by atoms with Gasteiger partial charge in [0.2, 0.25) is 9.84 Å². The molecule has 0 saturated carbocycles. The third-order valence-electron chi connectivity index (χ3n) is 5.08. The van der Waals surface area contributed by atoms with Crippen molar-refractivity contribution in [2.45, 2.75) is 29.2 Å². The van der Waals surface area contributed by atoms with Crippen molar-refractivity contribution in [3.63, 3.8) is 0 Å². The summed E-state index contributed by atoms with van der Waals surface area (Å²) in [6.45, 7) is 3.97. The topological polar surface area (TPSA) is 102 Å². The molecular weight excluding hydrogens is 386 g/mol. The number of fused-ring (bicyclic) bond motifs is 1. The minimum Gasteiger partial charge on any atom is -0.384 e. The summed E-state index contributed by atoms with van der Waals surface area (Å²) in [6, 6.07) is 16.3. The molecule has 1 aromatic heterocycles. The molecule has 1 aliphatic rings. The van der Waals surface area contributed by atoms with E-state index in [9.17, 15) is 8.42 Å². The van der Waals surface area contributed by atoms with Crippen LogP contribution in [0.4, 0.5) is 11.6 Å². The van der Waals surface area contributed by atoms with Gasteiger partial charge in [0.1, 0.15) is 5.82 Å². The van der Waals surface area contributed by atoms with Crippen LogP contribution in [0.1, 0.15) is 18.1 Å². The van der Waals surface area contributed by atoms with Gasteiger partial charge in [-0.15, -0.1) is 5.10 Å². The number of aromatic nitrogens is 2. The number of aryl methyl sites for hydroxylation is 1. The summed E-state index contributed by atoms with van der Waals surface area (Å²) in [7, 11) is -2.20. The Kier molecular flexibility index (Phi) is 4.38. The molecule has 0 saturated heterocycles. The molecule has 0 fully saturated rings. The SMILES string of the molecule is CNc1nn2c(c1S(=O)(=O)c1ccccc1)NC(C)(c1cccc(C)c1)C=C2N. The van der Waals surface area contributed by atoms with Gasteiger partial charge in [-0.2, -0.15) is 4.68 Å².